The van der Waals surface area contributed by atoms with Crippen LogP contribution in [0.1, 0.15) is 29.2 Å². The van der Waals surface area contributed by atoms with Crippen LogP contribution in [0, 0.1) is 6.92 Å². The number of benzene rings is 1. The zero-order valence-electron chi connectivity index (χ0n) is 16.6. The standard InChI is InChI=1S/C18H22ClN5O2S2.ClH/c1-5-23(6-2)9-10-24(17(25)15-11(3)21-22-28-15)18-20-14-13(26-4)8-7-12(19)16(14)27-18;/h7-8H,5-6,9-10H2,1-4H3;1H. The second-order valence-corrected chi connectivity index (χ2v) is 8.23. The highest BCUT2D eigenvalue weighted by molar-refractivity contribution is 7.23. The van der Waals surface area contributed by atoms with Gasteiger partial charge >= 0.3 is 0 Å². The van der Waals surface area contributed by atoms with Crippen LogP contribution in [-0.2, 0) is 0 Å². The number of amides is 1. The zero-order chi connectivity index (χ0) is 20.3. The summed E-state index contributed by atoms with van der Waals surface area (Å²) in [7, 11) is 1.59. The molecule has 0 N–H and O–H groups in total. The summed E-state index contributed by atoms with van der Waals surface area (Å²) in [4.78, 5) is 22.5. The predicted molar refractivity (Wildman–Crippen MR) is 123 cm³/mol. The number of likely N-dealkylation sites (N-methyl/N-ethyl adjacent to an activating group) is 1. The largest absolute Gasteiger partial charge is 0.494 e. The van der Waals surface area contributed by atoms with E-state index in [4.69, 9.17) is 21.3 Å². The zero-order valence-corrected chi connectivity index (χ0v) is 19.8. The fourth-order valence-electron chi connectivity index (χ4n) is 2.84. The van der Waals surface area contributed by atoms with Gasteiger partial charge in [0.05, 0.1) is 22.5 Å². The molecule has 0 bridgehead atoms. The van der Waals surface area contributed by atoms with Crippen LogP contribution in [-0.4, -0.2) is 58.7 Å². The molecule has 1 amide bonds. The maximum atomic E-state index is 13.3. The van der Waals surface area contributed by atoms with E-state index >= 15 is 0 Å². The van der Waals surface area contributed by atoms with Crippen molar-refractivity contribution < 1.29 is 9.53 Å². The third kappa shape index (κ3) is 4.97. The molecule has 2 heterocycles. The van der Waals surface area contributed by atoms with Gasteiger partial charge in [-0.2, -0.15) is 0 Å². The summed E-state index contributed by atoms with van der Waals surface area (Å²) in [6.45, 7) is 9.09. The molecule has 0 saturated carbocycles. The number of methoxy groups -OCH3 is 1. The first-order valence-electron chi connectivity index (χ1n) is 8.96. The van der Waals surface area contributed by atoms with Crippen LogP contribution < -0.4 is 9.64 Å². The number of carbonyl (C=O) groups excluding carboxylic acids is 1. The maximum Gasteiger partial charge on any atom is 0.273 e. The maximum absolute atomic E-state index is 13.3. The average Bonchev–Trinajstić information content (AvgIpc) is 3.32. The number of nitrogens with zero attached hydrogens (tertiary/aromatic N) is 5. The van der Waals surface area contributed by atoms with E-state index in [9.17, 15) is 4.79 Å². The number of thiazole rings is 1. The van der Waals surface area contributed by atoms with Gasteiger partial charge in [-0.1, -0.05) is 41.3 Å². The molecule has 0 aliphatic rings. The summed E-state index contributed by atoms with van der Waals surface area (Å²) in [5, 5.41) is 5.16. The van der Waals surface area contributed by atoms with Gasteiger partial charge in [0, 0.05) is 13.1 Å². The van der Waals surface area contributed by atoms with Gasteiger partial charge in [0.25, 0.3) is 5.91 Å². The SMILES string of the molecule is CCN(CC)CCN(C(=O)c1snnc1C)c1nc2c(OC)ccc(Cl)c2s1.Cl. The van der Waals surface area contributed by atoms with Gasteiger partial charge in [-0.3, -0.25) is 9.69 Å². The lowest BCUT2D eigenvalue weighted by Gasteiger charge is -2.24. The Hall–Kier alpha value is -1.52. The van der Waals surface area contributed by atoms with Crippen molar-refractivity contribution in [2.45, 2.75) is 20.8 Å². The number of rotatable bonds is 8. The summed E-state index contributed by atoms with van der Waals surface area (Å²) >= 11 is 8.86. The molecule has 2 aromatic heterocycles. The Morgan fingerprint density at radius 3 is 2.55 bits per heavy atom. The monoisotopic (exact) mass is 475 g/mol. The number of aryl methyl sites for hydroxylation is 1. The lowest BCUT2D eigenvalue weighted by Crippen LogP contribution is -2.38. The van der Waals surface area contributed by atoms with Gasteiger partial charge in [0.15, 0.2) is 5.13 Å². The predicted octanol–water partition coefficient (Wildman–Crippen LogP) is 4.53. The number of fused-ring (bicyclic) bond motifs is 1. The third-order valence-corrected chi connectivity index (χ3v) is 6.88. The molecule has 0 spiro atoms. The molecule has 0 unspecified atom stereocenters. The number of hydrogen-bond donors (Lipinski definition) is 0. The smallest absolute Gasteiger partial charge is 0.273 e. The molecule has 7 nitrogen and oxygen atoms in total. The fourth-order valence-corrected chi connectivity index (χ4v) is 4.72. The fraction of sp³-hybridized carbons (Fsp3) is 0.444. The average molecular weight is 476 g/mol. The molecular formula is C18H23Cl2N5O2S2. The molecule has 11 heteroatoms. The van der Waals surface area contributed by atoms with Crippen LogP contribution in [0.5, 0.6) is 5.75 Å². The van der Waals surface area contributed by atoms with E-state index in [1.165, 1.54) is 11.3 Å². The number of anilines is 1. The Labute approximate surface area is 189 Å². The Morgan fingerprint density at radius 1 is 1.24 bits per heavy atom. The summed E-state index contributed by atoms with van der Waals surface area (Å²) < 4.78 is 10.1. The highest BCUT2D eigenvalue weighted by atomic mass is 35.5. The van der Waals surface area contributed by atoms with E-state index in [0.29, 0.717) is 38.5 Å². The van der Waals surface area contributed by atoms with Crippen LogP contribution in [0.3, 0.4) is 0 Å². The molecule has 1 aromatic carbocycles. The molecule has 3 rings (SSSR count). The quantitative estimate of drug-likeness (QED) is 0.476. The molecule has 0 atom stereocenters. The molecule has 0 fully saturated rings. The van der Waals surface area contributed by atoms with Gasteiger partial charge in [0.2, 0.25) is 0 Å². The Bertz CT molecular complexity index is 974. The highest BCUT2D eigenvalue weighted by Crippen LogP contribution is 2.39. The van der Waals surface area contributed by atoms with Crippen molar-refractivity contribution in [3.63, 3.8) is 0 Å². The molecule has 0 aliphatic carbocycles. The minimum Gasteiger partial charge on any atom is -0.494 e. The van der Waals surface area contributed by atoms with E-state index in [2.05, 4.69) is 28.3 Å². The van der Waals surface area contributed by atoms with Crippen molar-refractivity contribution in [3.8, 4) is 5.75 Å². The normalized spacial score (nSPS) is 11.0. The molecule has 0 radical (unpaired) electrons. The Morgan fingerprint density at radius 2 is 1.97 bits per heavy atom. The lowest BCUT2D eigenvalue weighted by molar-refractivity contribution is 0.0987. The summed E-state index contributed by atoms with van der Waals surface area (Å²) in [6.07, 6.45) is 0. The van der Waals surface area contributed by atoms with E-state index in [-0.39, 0.29) is 18.3 Å². The van der Waals surface area contributed by atoms with Crippen molar-refractivity contribution in [2.75, 3.05) is 38.2 Å². The molecular weight excluding hydrogens is 453 g/mol. The number of carbonyl (C=O) groups is 1. The highest BCUT2D eigenvalue weighted by Gasteiger charge is 2.26. The summed E-state index contributed by atoms with van der Waals surface area (Å²) in [6, 6.07) is 3.57. The van der Waals surface area contributed by atoms with Gasteiger partial charge < -0.3 is 9.64 Å². The van der Waals surface area contributed by atoms with E-state index in [0.717, 1.165) is 35.9 Å². The van der Waals surface area contributed by atoms with Crippen molar-refractivity contribution in [2.24, 2.45) is 0 Å². The number of hydrogen-bond acceptors (Lipinski definition) is 8. The summed E-state index contributed by atoms with van der Waals surface area (Å²) in [5.74, 6) is 0.488. The number of halogens is 2. The molecule has 158 valence electrons. The van der Waals surface area contributed by atoms with Crippen LogP contribution in [0.15, 0.2) is 12.1 Å². The second kappa shape index (κ2) is 10.5. The minimum atomic E-state index is -0.145. The molecule has 29 heavy (non-hydrogen) atoms. The number of ether oxygens (including phenoxy) is 1. The van der Waals surface area contributed by atoms with Crippen molar-refractivity contribution >= 4 is 68.1 Å². The van der Waals surface area contributed by atoms with Crippen LogP contribution >= 0.6 is 46.9 Å². The van der Waals surface area contributed by atoms with E-state index in [1.807, 2.05) is 0 Å². The van der Waals surface area contributed by atoms with Crippen molar-refractivity contribution in [1.29, 1.82) is 0 Å². The Balaban J connectivity index is 0.00000300. The van der Waals surface area contributed by atoms with E-state index < -0.39 is 0 Å². The molecule has 0 aliphatic heterocycles. The number of aromatic nitrogens is 3. The molecule has 0 saturated heterocycles. The van der Waals surface area contributed by atoms with Crippen molar-refractivity contribution in [1.82, 2.24) is 19.5 Å². The second-order valence-electron chi connectivity index (χ2n) is 6.09. The first-order chi connectivity index (χ1) is 13.5. The van der Waals surface area contributed by atoms with Crippen LogP contribution in [0.25, 0.3) is 10.2 Å². The topological polar surface area (TPSA) is 71.5 Å². The Kier molecular flexibility index (Phi) is 8.59. The van der Waals surface area contributed by atoms with Gasteiger partial charge in [-0.15, -0.1) is 17.5 Å². The lowest BCUT2D eigenvalue weighted by atomic mass is 10.3. The first-order valence-corrected chi connectivity index (χ1v) is 10.9. The van der Waals surface area contributed by atoms with Crippen LogP contribution in [0.4, 0.5) is 5.13 Å². The third-order valence-electron chi connectivity index (χ3n) is 4.52. The molecule has 3 aromatic rings. The van der Waals surface area contributed by atoms with Crippen molar-refractivity contribution in [3.05, 3.63) is 27.7 Å². The van der Waals surface area contributed by atoms with Gasteiger partial charge in [-0.05, 0) is 43.7 Å². The summed E-state index contributed by atoms with van der Waals surface area (Å²) in [5.41, 5.74) is 1.29. The van der Waals surface area contributed by atoms with Gasteiger partial charge in [0.1, 0.15) is 16.1 Å². The first kappa shape index (κ1) is 23.8. The van der Waals surface area contributed by atoms with Crippen LogP contribution in [0.2, 0.25) is 5.02 Å². The van der Waals surface area contributed by atoms with E-state index in [1.54, 1.807) is 31.1 Å². The van der Waals surface area contributed by atoms with Gasteiger partial charge in [-0.25, -0.2) is 4.98 Å². The minimum absolute atomic E-state index is 0.